The van der Waals surface area contributed by atoms with E-state index in [0.717, 1.165) is 18.4 Å². The van der Waals surface area contributed by atoms with Gasteiger partial charge in [-0.15, -0.1) is 6.58 Å². The summed E-state index contributed by atoms with van der Waals surface area (Å²) < 4.78 is 0. The molecular formula is C13H18O. The van der Waals surface area contributed by atoms with Crippen molar-refractivity contribution in [3.63, 3.8) is 0 Å². The van der Waals surface area contributed by atoms with Gasteiger partial charge in [0, 0.05) is 0 Å². The number of hydrogen-bond acceptors (Lipinski definition) is 1. The normalized spacial score (nSPS) is 14.7. The van der Waals surface area contributed by atoms with Gasteiger partial charge in [-0.1, -0.05) is 43.3 Å². The smallest absolute Gasteiger partial charge is 0.0790 e. The number of benzene rings is 1. The zero-order valence-corrected chi connectivity index (χ0v) is 8.69. The monoisotopic (exact) mass is 190 g/mol. The fraction of sp³-hybridized carbons (Fsp3) is 0.385. The largest absolute Gasteiger partial charge is 0.388 e. The van der Waals surface area contributed by atoms with E-state index in [2.05, 4.69) is 13.5 Å². The fourth-order valence-corrected chi connectivity index (χ4v) is 1.38. The second kappa shape index (κ2) is 5.61. The van der Waals surface area contributed by atoms with Crippen LogP contribution in [0.2, 0.25) is 0 Å². The van der Waals surface area contributed by atoms with Gasteiger partial charge in [0.2, 0.25) is 0 Å². The molecule has 1 aromatic rings. The summed E-state index contributed by atoms with van der Waals surface area (Å²) >= 11 is 0. The van der Waals surface area contributed by atoms with Gasteiger partial charge in [0.1, 0.15) is 0 Å². The van der Waals surface area contributed by atoms with Crippen molar-refractivity contribution in [1.29, 1.82) is 0 Å². The number of allylic oxidation sites excluding steroid dienone is 1. The van der Waals surface area contributed by atoms with Gasteiger partial charge in [-0.25, -0.2) is 0 Å². The van der Waals surface area contributed by atoms with Crippen molar-refractivity contribution in [3.05, 3.63) is 48.6 Å². The summed E-state index contributed by atoms with van der Waals surface area (Å²) in [6, 6.07) is 9.79. The summed E-state index contributed by atoms with van der Waals surface area (Å²) in [5.41, 5.74) is 1.00. The SMILES string of the molecule is C=CC(C)CCC(O)c1ccccc1. The lowest BCUT2D eigenvalue weighted by molar-refractivity contribution is 0.161. The molecule has 0 aromatic heterocycles. The molecule has 0 saturated carbocycles. The van der Waals surface area contributed by atoms with Gasteiger partial charge in [-0.2, -0.15) is 0 Å². The second-order valence-corrected chi connectivity index (χ2v) is 3.72. The van der Waals surface area contributed by atoms with Crippen molar-refractivity contribution >= 4 is 0 Å². The van der Waals surface area contributed by atoms with Crippen molar-refractivity contribution < 1.29 is 5.11 Å². The van der Waals surface area contributed by atoms with E-state index < -0.39 is 0 Å². The molecule has 1 rings (SSSR count). The molecule has 0 heterocycles. The molecule has 1 N–H and O–H groups in total. The fourth-order valence-electron chi connectivity index (χ4n) is 1.38. The maximum atomic E-state index is 9.83. The maximum Gasteiger partial charge on any atom is 0.0790 e. The van der Waals surface area contributed by atoms with E-state index >= 15 is 0 Å². The van der Waals surface area contributed by atoms with Gasteiger partial charge in [-0.05, 0) is 24.3 Å². The molecule has 1 heteroatoms. The Morgan fingerprint density at radius 1 is 1.29 bits per heavy atom. The molecule has 0 fully saturated rings. The summed E-state index contributed by atoms with van der Waals surface area (Å²) in [4.78, 5) is 0. The molecule has 1 nitrogen and oxygen atoms in total. The molecule has 2 atom stereocenters. The quantitative estimate of drug-likeness (QED) is 0.706. The van der Waals surface area contributed by atoms with E-state index in [1.54, 1.807) is 0 Å². The molecule has 0 amide bonds. The Labute approximate surface area is 86.1 Å². The Hall–Kier alpha value is -1.08. The van der Waals surface area contributed by atoms with Gasteiger partial charge in [0.25, 0.3) is 0 Å². The molecule has 0 aliphatic heterocycles. The molecule has 76 valence electrons. The average molecular weight is 190 g/mol. The van der Waals surface area contributed by atoms with Crippen LogP contribution in [0.5, 0.6) is 0 Å². The second-order valence-electron chi connectivity index (χ2n) is 3.72. The minimum absolute atomic E-state index is 0.335. The Balaban J connectivity index is 2.43. The molecule has 0 saturated heterocycles. The predicted octanol–water partition coefficient (Wildman–Crippen LogP) is 3.32. The van der Waals surface area contributed by atoms with Crippen molar-refractivity contribution in [2.45, 2.75) is 25.9 Å². The molecule has 2 unspecified atom stereocenters. The average Bonchev–Trinajstić information content (AvgIpc) is 2.26. The predicted molar refractivity (Wildman–Crippen MR) is 60.0 cm³/mol. The lowest BCUT2D eigenvalue weighted by Gasteiger charge is -2.12. The Kier molecular flexibility index (Phi) is 4.41. The van der Waals surface area contributed by atoms with E-state index in [9.17, 15) is 5.11 Å². The van der Waals surface area contributed by atoms with Crippen LogP contribution in [0.3, 0.4) is 0 Å². The molecule has 0 spiro atoms. The van der Waals surface area contributed by atoms with Crippen LogP contribution in [0.15, 0.2) is 43.0 Å². The lowest BCUT2D eigenvalue weighted by atomic mass is 9.99. The highest BCUT2D eigenvalue weighted by atomic mass is 16.3. The van der Waals surface area contributed by atoms with Gasteiger partial charge >= 0.3 is 0 Å². The third kappa shape index (κ3) is 3.35. The Bertz CT molecular complexity index is 266. The first-order valence-corrected chi connectivity index (χ1v) is 5.09. The molecule has 0 bridgehead atoms. The summed E-state index contributed by atoms with van der Waals surface area (Å²) in [7, 11) is 0. The van der Waals surface area contributed by atoms with E-state index in [4.69, 9.17) is 0 Å². The van der Waals surface area contributed by atoms with Crippen molar-refractivity contribution in [3.8, 4) is 0 Å². The zero-order valence-electron chi connectivity index (χ0n) is 8.69. The number of aliphatic hydroxyl groups is 1. The molecule has 14 heavy (non-hydrogen) atoms. The van der Waals surface area contributed by atoms with Crippen molar-refractivity contribution in [2.75, 3.05) is 0 Å². The van der Waals surface area contributed by atoms with Crippen LogP contribution >= 0.6 is 0 Å². The molecule has 0 radical (unpaired) electrons. The highest BCUT2D eigenvalue weighted by Crippen LogP contribution is 2.20. The van der Waals surface area contributed by atoms with Gasteiger partial charge in [0.05, 0.1) is 6.10 Å². The molecule has 0 aliphatic rings. The van der Waals surface area contributed by atoms with Gasteiger partial charge < -0.3 is 5.11 Å². The van der Waals surface area contributed by atoms with Crippen LogP contribution < -0.4 is 0 Å². The topological polar surface area (TPSA) is 20.2 Å². The van der Waals surface area contributed by atoms with E-state index in [1.807, 2.05) is 36.4 Å². The first-order valence-electron chi connectivity index (χ1n) is 5.09. The van der Waals surface area contributed by atoms with Crippen LogP contribution in [0, 0.1) is 5.92 Å². The first kappa shape index (κ1) is 11.0. The van der Waals surface area contributed by atoms with Crippen molar-refractivity contribution in [1.82, 2.24) is 0 Å². The van der Waals surface area contributed by atoms with Crippen LogP contribution in [0.1, 0.15) is 31.4 Å². The summed E-state index contributed by atoms with van der Waals surface area (Å²) in [6.45, 7) is 5.85. The minimum Gasteiger partial charge on any atom is -0.388 e. The first-order chi connectivity index (χ1) is 6.74. The Morgan fingerprint density at radius 2 is 1.93 bits per heavy atom. The standard InChI is InChI=1S/C13H18O/c1-3-11(2)9-10-13(14)12-7-5-4-6-8-12/h3-8,11,13-14H,1,9-10H2,2H3. The van der Waals surface area contributed by atoms with Crippen LogP contribution in [0.25, 0.3) is 0 Å². The summed E-state index contributed by atoms with van der Waals surface area (Å²) in [5.74, 6) is 0.480. The third-order valence-corrected chi connectivity index (χ3v) is 2.48. The van der Waals surface area contributed by atoms with E-state index in [-0.39, 0.29) is 6.10 Å². The van der Waals surface area contributed by atoms with Crippen LogP contribution in [0.4, 0.5) is 0 Å². The Morgan fingerprint density at radius 3 is 2.50 bits per heavy atom. The summed E-state index contributed by atoms with van der Waals surface area (Å²) in [5, 5.41) is 9.83. The van der Waals surface area contributed by atoms with Gasteiger partial charge in [-0.3, -0.25) is 0 Å². The molecule has 1 aromatic carbocycles. The van der Waals surface area contributed by atoms with Crippen molar-refractivity contribution in [2.24, 2.45) is 5.92 Å². The summed E-state index contributed by atoms with van der Waals surface area (Å²) in [6.07, 6.45) is 3.38. The van der Waals surface area contributed by atoms with E-state index in [0.29, 0.717) is 5.92 Å². The van der Waals surface area contributed by atoms with Gasteiger partial charge in [0.15, 0.2) is 0 Å². The maximum absolute atomic E-state index is 9.83. The molecule has 0 aliphatic carbocycles. The van der Waals surface area contributed by atoms with E-state index in [1.165, 1.54) is 0 Å². The number of rotatable bonds is 5. The minimum atomic E-state index is -0.335. The number of aliphatic hydroxyl groups excluding tert-OH is 1. The highest BCUT2D eigenvalue weighted by Gasteiger charge is 2.07. The van der Waals surface area contributed by atoms with Crippen LogP contribution in [-0.4, -0.2) is 5.11 Å². The molecular weight excluding hydrogens is 172 g/mol. The van der Waals surface area contributed by atoms with Crippen LogP contribution in [-0.2, 0) is 0 Å². The third-order valence-electron chi connectivity index (χ3n) is 2.48. The highest BCUT2D eigenvalue weighted by molar-refractivity contribution is 5.17. The lowest BCUT2D eigenvalue weighted by Crippen LogP contribution is -1.99. The number of hydrogen-bond donors (Lipinski definition) is 1. The zero-order chi connectivity index (χ0) is 10.4.